The molecule has 0 aliphatic heterocycles. The Morgan fingerprint density at radius 2 is 2.00 bits per heavy atom. The van der Waals surface area contributed by atoms with Crippen LogP contribution in [0, 0.1) is 18.3 Å². The summed E-state index contributed by atoms with van der Waals surface area (Å²) in [5, 5.41) is 9.10. The van der Waals surface area contributed by atoms with Crippen molar-refractivity contribution in [3.8, 4) is 6.07 Å². The van der Waals surface area contributed by atoms with E-state index in [0.717, 1.165) is 11.1 Å². The van der Waals surface area contributed by atoms with Crippen molar-refractivity contribution in [2.45, 2.75) is 6.92 Å². The molecule has 16 heavy (non-hydrogen) atoms. The van der Waals surface area contributed by atoms with Gasteiger partial charge in [-0.1, -0.05) is 29.8 Å². The molecule has 0 N–H and O–H groups in total. The number of nitrogens with zero attached hydrogens (tertiary/aromatic N) is 1. The molecule has 0 bridgehead atoms. The maximum Gasteiger partial charge on any atom is 0.0998 e. The van der Waals surface area contributed by atoms with E-state index in [1.165, 1.54) is 5.56 Å². The van der Waals surface area contributed by atoms with Gasteiger partial charge in [0, 0.05) is 5.56 Å². The number of benzene rings is 1. The monoisotopic (exact) mass is 209 g/mol. The maximum atomic E-state index is 9.10. The van der Waals surface area contributed by atoms with Crippen LogP contribution in [0.5, 0.6) is 0 Å². The number of rotatable bonds is 2. The normalized spacial score (nSPS) is 11.1. The first-order chi connectivity index (χ1) is 7.79. The highest BCUT2D eigenvalue weighted by Gasteiger charge is 2.00. The summed E-state index contributed by atoms with van der Waals surface area (Å²) in [6.07, 6.45) is 5.02. The van der Waals surface area contributed by atoms with Gasteiger partial charge in [-0.05, 0) is 24.6 Å². The first-order valence-electron chi connectivity index (χ1n) is 5.00. The van der Waals surface area contributed by atoms with Crippen molar-refractivity contribution < 1.29 is 4.42 Å². The zero-order valence-corrected chi connectivity index (χ0v) is 8.97. The number of hydrogen-bond acceptors (Lipinski definition) is 2. The fraction of sp³-hybridized carbons (Fsp3) is 0.0714. The molecule has 0 aliphatic carbocycles. The topological polar surface area (TPSA) is 36.9 Å². The van der Waals surface area contributed by atoms with Crippen LogP contribution in [0.1, 0.15) is 16.7 Å². The summed E-state index contributed by atoms with van der Waals surface area (Å²) in [5.74, 6) is 0. The van der Waals surface area contributed by atoms with Crippen LogP contribution < -0.4 is 0 Å². The Balaban J connectivity index is 2.37. The average Bonchev–Trinajstić information content (AvgIpc) is 2.80. The van der Waals surface area contributed by atoms with Crippen LogP contribution in [0.25, 0.3) is 11.6 Å². The highest BCUT2D eigenvalue weighted by molar-refractivity contribution is 5.89. The lowest BCUT2D eigenvalue weighted by Gasteiger charge is -1.99. The second-order valence-electron chi connectivity index (χ2n) is 3.59. The van der Waals surface area contributed by atoms with E-state index in [-0.39, 0.29) is 0 Å². The minimum atomic E-state index is 0.640. The summed E-state index contributed by atoms with van der Waals surface area (Å²) in [6.45, 7) is 2.02. The fourth-order valence-electron chi connectivity index (χ4n) is 1.44. The first kappa shape index (κ1) is 10.3. The zero-order valence-electron chi connectivity index (χ0n) is 8.97. The highest BCUT2D eigenvalue weighted by atomic mass is 16.3. The van der Waals surface area contributed by atoms with E-state index in [4.69, 9.17) is 9.68 Å². The van der Waals surface area contributed by atoms with Crippen LogP contribution in [0.4, 0.5) is 0 Å². The number of hydrogen-bond donors (Lipinski definition) is 0. The van der Waals surface area contributed by atoms with Crippen LogP contribution in [0.2, 0.25) is 0 Å². The molecule has 0 unspecified atom stereocenters. The van der Waals surface area contributed by atoms with Crippen LogP contribution >= 0.6 is 0 Å². The van der Waals surface area contributed by atoms with E-state index in [9.17, 15) is 0 Å². The number of furan rings is 1. The van der Waals surface area contributed by atoms with E-state index >= 15 is 0 Å². The van der Waals surface area contributed by atoms with Crippen LogP contribution in [-0.2, 0) is 0 Å². The van der Waals surface area contributed by atoms with E-state index in [1.807, 2.05) is 43.3 Å². The Labute approximate surface area is 94.4 Å². The Hall–Kier alpha value is -2.27. The summed E-state index contributed by atoms with van der Waals surface area (Å²) < 4.78 is 4.96. The van der Waals surface area contributed by atoms with Crippen LogP contribution in [-0.4, -0.2) is 0 Å². The minimum absolute atomic E-state index is 0.640. The Morgan fingerprint density at radius 1 is 1.25 bits per heavy atom. The third-order valence-corrected chi connectivity index (χ3v) is 2.34. The molecule has 0 fully saturated rings. The molecule has 0 saturated carbocycles. The van der Waals surface area contributed by atoms with Gasteiger partial charge in [0.2, 0.25) is 0 Å². The number of aryl methyl sites for hydroxylation is 1. The smallest absolute Gasteiger partial charge is 0.0998 e. The Bertz CT molecular complexity index is 527. The fourth-order valence-corrected chi connectivity index (χ4v) is 1.44. The molecule has 0 amide bonds. The molecular formula is C14H11NO. The maximum absolute atomic E-state index is 9.10. The molecule has 0 atom stereocenters. The van der Waals surface area contributed by atoms with Gasteiger partial charge >= 0.3 is 0 Å². The van der Waals surface area contributed by atoms with Crippen molar-refractivity contribution in [2.75, 3.05) is 0 Å². The molecule has 1 heterocycles. The van der Waals surface area contributed by atoms with E-state index in [1.54, 1.807) is 12.5 Å². The number of allylic oxidation sites excluding steroid dienone is 1. The van der Waals surface area contributed by atoms with E-state index in [0.29, 0.717) is 5.57 Å². The average molecular weight is 209 g/mol. The van der Waals surface area contributed by atoms with Gasteiger partial charge in [-0.15, -0.1) is 0 Å². The summed E-state index contributed by atoms with van der Waals surface area (Å²) in [7, 11) is 0. The molecule has 1 aromatic heterocycles. The standard InChI is InChI=1S/C14H11NO/c1-11-2-4-13(5-3-11)14(9-15)8-12-6-7-16-10-12/h2-8,10H,1H3/b14-8-. The third-order valence-electron chi connectivity index (χ3n) is 2.34. The molecule has 2 heteroatoms. The van der Waals surface area contributed by atoms with Crippen molar-refractivity contribution in [1.82, 2.24) is 0 Å². The zero-order chi connectivity index (χ0) is 11.4. The molecule has 2 aromatic rings. The molecule has 0 spiro atoms. The van der Waals surface area contributed by atoms with Crippen molar-refractivity contribution in [2.24, 2.45) is 0 Å². The van der Waals surface area contributed by atoms with Gasteiger partial charge in [-0.2, -0.15) is 5.26 Å². The quantitative estimate of drug-likeness (QED) is 0.708. The summed E-state index contributed by atoms with van der Waals surface area (Å²) in [6, 6.07) is 11.9. The predicted octanol–water partition coefficient (Wildman–Crippen LogP) is 3.65. The SMILES string of the molecule is Cc1ccc(/C(C#N)=C\c2ccoc2)cc1. The lowest BCUT2D eigenvalue weighted by atomic mass is 10.0. The third kappa shape index (κ3) is 2.21. The lowest BCUT2D eigenvalue weighted by Crippen LogP contribution is -1.81. The second-order valence-corrected chi connectivity index (χ2v) is 3.59. The first-order valence-corrected chi connectivity index (χ1v) is 5.00. The van der Waals surface area contributed by atoms with Gasteiger partial charge in [-0.3, -0.25) is 0 Å². The lowest BCUT2D eigenvalue weighted by molar-refractivity contribution is 0.567. The van der Waals surface area contributed by atoms with Crippen LogP contribution in [0.15, 0.2) is 47.3 Å². The van der Waals surface area contributed by atoms with Crippen molar-refractivity contribution >= 4 is 11.6 Å². The van der Waals surface area contributed by atoms with E-state index in [2.05, 4.69) is 6.07 Å². The summed E-state index contributed by atoms with van der Waals surface area (Å²) >= 11 is 0. The molecule has 0 saturated heterocycles. The second kappa shape index (κ2) is 4.50. The van der Waals surface area contributed by atoms with Gasteiger partial charge in [0.05, 0.1) is 24.2 Å². The van der Waals surface area contributed by atoms with Crippen LogP contribution in [0.3, 0.4) is 0 Å². The summed E-state index contributed by atoms with van der Waals surface area (Å²) in [4.78, 5) is 0. The molecule has 2 nitrogen and oxygen atoms in total. The predicted molar refractivity (Wildman–Crippen MR) is 63.4 cm³/mol. The molecule has 2 rings (SSSR count). The molecule has 0 radical (unpaired) electrons. The van der Waals surface area contributed by atoms with E-state index < -0.39 is 0 Å². The van der Waals surface area contributed by atoms with Gasteiger partial charge in [0.15, 0.2) is 0 Å². The van der Waals surface area contributed by atoms with Gasteiger partial charge in [0.25, 0.3) is 0 Å². The molecule has 78 valence electrons. The molecular weight excluding hydrogens is 198 g/mol. The van der Waals surface area contributed by atoms with Gasteiger partial charge in [-0.25, -0.2) is 0 Å². The Kier molecular flexibility index (Phi) is 2.88. The molecule has 0 aliphatic rings. The minimum Gasteiger partial charge on any atom is -0.472 e. The molecule has 1 aromatic carbocycles. The largest absolute Gasteiger partial charge is 0.472 e. The highest BCUT2D eigenvalue weighted by Crippen LogP contribution is 2.18. The van der Waals surface area contributed by atoms with Crippen molar-refractivity contribution in [3.63, 3.8) is 0 Å². The van der Waals surface area contributed by atoms with Gasteiger partial charge in [0.1, 0.15) is 0 Å². The van der Waals surface area contributed by atoms with Crippen molar-refractivity contribution in [3.05, 3.63) is 59.5 Å². The van der Waals surface area contributed by atoms with Crippen molar-refractivity contribution in [1.29, 1.82) is 5.26 Å². The number of nitriles is 1. The van der Waals surface area contributed by atoms with Gasteiger partial charge < -0.3 is 4.42 Å². The summed E-state index contributed by atoms with van der Waals surface area (Å²) in [5.41, 5.74) is 3.65. The Morgan fingerprint density at radius 3 is 2.56 bits per heavy atom.